The molecule has 2 nitrogen and oxygen atoms in total. The van der Waals surface area contributed by atoms with Crippen LogP contribution < -0.4 is 0 Å². The third-order valence-corrected chi connectivity index (χ3v) is 1.64. The van der Waals surface area contributed by atoms with Crippen LogP contribution in [0.4, 0.5) is 0 Å². The summed E-state index contributed by atoms with van der Waals surface area (Å²) in [5.41, 5.74) is 0. The Balaban J connectivity index is 3.10. The third kappa shape index (κ3) is 7.58. The van der Waals surface area contributed by atoms with Crippen molar-refractivity contribution in [1.29, 1.82) is 0 Å². The molecule has 12 heavy (non-hydrogen) atoms. The Kier molecular flexibility index (Phi) is 8.19. The van der Waals surface area contributed by atoms with Crippen LogP contribution in [0.25, 0.3) is 0 Å². The van der Waals surface area contributed by atoms with E-state index in [1.807, 2.05) is 0 Å². The molecule has 0 heterocycles. The number of hydrogen-bond donors (Lipinski definition) is 0. The van der Waals surface area contributed by atoms with E-state index in [4.69, 9.17) is 4.74 Å². The van der Waals surface area contributed by atoms with Crippen molar-refractivity contribution in [3.63, 3.8) is 0 Å². The van der Waals surface area contributed by atoms with Gasteiger partial charge >= 0.3 is 5.97 Å². The van der Waals surface area contributed by atoms with E-state index in [2.05, 4.69) is 13.8 Å². The number of esters is 1. The standard InChI is InChI=1S/C10H19O2/c1-3-5-7-8-10(11)12-9-6-4-2/h1,3-9H2,2H3. The zero-order chi connectivity index (χ0) is 9.23. The van der Waals surface area contributed by atoms with E-state index < -0.39 is 0 Å². The molecule has 0 aliphatic heterocycles. The first-order chi connectivity index (χ1) is 5.81. The minimum atomic E-state index is -0.0584. The monoisotopic (exact) mass is 171 g/mol. The van der Waals surface area contributed by atoms with Crippen molar-refractivity contribution in [2.24, 2.45) is 0 Å². The number of carbonyl (C=O) groups is 1. The molecule has 0 bridgehead atoms. The Morgan fingerprint density at radius 1 is 1.33 bits per heavy atom. The summed E-state index contributed by atoms with van der Waals surface area (Å²) >= 11 is 0. The summed E-state index contributed by atoms with van der Waals surface area (Å²) in [5, 5.41) is 0. The van der Waals surface area contributed by atoms with Gasteiger partial charge in [0, 0.05) is 6.42 Å². The first kappa shape index (κ1) is 11.5. The molecule has 0 aromatic rings. The maximum absolute atomic E-state index is 11.0. The molecule has 2 heteroatoms. The Hall–Kier alpha value is -0.530. The van der Waals surface area contributed by atoms with Crippen molar-refractivity contribution in [3.8, 4) is 0 Å². The van der Waals surface area contributed by atoms with Gasteiger partial charge < -0.3 is 4.74 Å². The molecule has 0 spiro atoms. The van der Waals surface area contributed by atoms with E-state index in [0.29, 0.717) is 13.0 Å². The number of unbranched alkanes of at least 4 members (excludes halogenated alkanes) is 3. The fourth-order valence-electron chi connectivity index (χ4n) is 0.849. The SMILES string of the molecule is [CH2]CCCCC(=O)OCCCC. The van der Waals surface area contributed by atoms with Crippen LogP contribution in [-0.4, -0.2) is 12.6 Å². The van der Waals surface area contributed by atoms with Crippen LogP contribution in [0.1, 0.15) is 45.4 Å². The van der Waals surface area contributed by atoms with Crippen LogP contribution in [0.5, 0.6) is 0 Å². The van der Waals surface area contributed by atoms with E-state index >= 15 is 0 Å². The number of carbonyl (C=O) groups excluding carboxylic acids is 1. The average Bonchev–Trinajstić information content (AvgIpc) is 2.06. The molecular weight excluding hydrogens is 152 g/mol. The van der Waals surface area contributed by atoms with Gasteiger partial charge in [-0.3, -0.25) is 4.79 Å². The summed E-state index contributed by atoms with van der Waals surface area (Å²) in [6.45, 7) is 6.37. The van der Waals surface area contributed by atoms with Crippen LogP contribution in [0.2, 0.25) is 0 Å². The number of rotatable bonds is 7. The molecule has 0 fully saturated rings. The maximum Gasteiger partial charge on any atom is 0.305 e. The van der Waals surface area contributed by atoms with Crippen molar-refractivity contribution in [2.45, 2.75) is 45.4 Å². The van der Waals surface area contributed by atoms with Gasteiger partial charge in [0.1, 0.15) is 0 Å². The van der Waals surface area contributed by atoms with Gasteiger partial charge in [-0.05, 0) is 12.8 Å². The highest BCUT2D eigenvalue weighted by molar-refractivity contribution is 5.69. The second-order valence-electron chi connectivity index (χ2n) is 2.88. The van der Waals surface area contributed by atoms with Crippen molar-refractivity contribution in [2.75, 3.05) is 6.61 Å². The first-order valence-electron chi connectivity index (χ1n) is 4.76. The lowest BCUT2D eigenvalue weighted by Crippen LogP contribution is -2.05. The molecule has 0 unspecified atom stereocenters. The van der Waals surface area contributed by atoms with Gasteiger partial charge in [-0.2, -0.15) is 0 Å². The van der Waals surface area contributed by atoms with E-state index in [0.717, 1.165) is 32.1 Å². The largest absolute Gasteiger partial charge is 0.466 e. The lowest BCUT2D eigenvalue weighted by Gasteiger charge is -2.02. The van der Waals surface area contributed by atoms with Gasteiger partial charge in [0.25, 0.3) is 0 Å². The highest BCUT2D eigenvalue weighted by Crippen LogP contribution is 2.00. The van der Waals surface area contributed by atoms with Gasteiger partial charge in [-0.1, -0.05) is 33.1 Å². The molecule has 0 N–H and O–H groups in total. The van der Waals surface area contributed by atoms with Gasteiger partial charge in [-0.25, -0.2) is 0 Å². The fraction of sp³-hybridized carbons (Fsp3) is 0.800. The van der Waals surface area contributed by atoms with Crippen molar-refractivity contribution in [3.05, 3.63) is 6.92 Å². The zero-order valence-electron chi connectivity index (χ0n) is 7.97. The van der Waals surface area contributed by atoms with E-state index in [1.165, 1.54) is 0 Å². The topological polar surface area (TPSA) is 26.3 Å². The second kappa shape index (κ2) is 8.57. The predicted molar refractivity (Wildman–Crippen MR) is 49.7 cm³/mol. The lowest BCUT2D eigenvalue weighted by atomic mass is 10.2. The Morgan fingerprint density at radius 2 is 2.08 bits per heavy atom. The highest BCUT2D eigenvalue weighted by atomic mass is 16.5. The zero-order valence-corrected chi connectivity index (χ0v) is 7.97. The molecule has 0 saturated carbocycles. The Bertz CT molecular complexity index is 98.4. The molecule has 0 rings (SSSR count). The van der Waals surface area contributed by atoms with Crippen molar-refractivity contribution in [1.82, 2.24) is 0 Å². The minimum absolute atomic E-state index is 0.0584. The minimum Gasteiger partial charge on any atom is -0.466 e. The van der Waals surface area contributed by atoms with E-state index in [1.54, 1.807) is 0 Å². The Morgan fingerprint density at radius 3 is 2.67 bits per heavy atom. The normalized spacial score (nSPS) is 9.83. The molecule has 0 aliphatic carbocycles. The maximum atomic E-state index is 11.0. The summed E-state index contributed by atoms with van der Waals surface area (Å²) in [5.74, 6) is -0.0584. The van der Waals surface area contributed by atoms with Gasteiger partial charge in [-0.15, -0.1) is 0 Å². The van der Waals surface area contributed by atoms with Gasteiger partial charge in [0.15, 0.2) is 0 Å². The van der Waals surface area contributed by atoms with Crippen LogP contribution in [0.3, 0.4) is 0 Å². The van der Waals surface area contributed by atoms with Gasteiger partial charge in [0.05, 0.1) is 6.61 Å². The number of hydrogen-bond acceptors (Lipinski definition) is 2. The Labute approximate surface area is 75.3 Å². The van der Waals surface area contributed by atoms with Crippen LogP contribution in [0, 0.1) is 6.92 Å². The van der Waals surface area contributed by atoms with Gasteiger partial charge in [0.2, 0.25) is 0 Å². The van der Waals surface area contributed by atoms with Crippen LogP contribution >= 0.6 is 0 Å². The molecule has 0 atom stereocenters. The van der Waals surface area contributed by atoms with Crippen LogP contribution in [0.15, 0.2) is 0 Å². The smallest absolute Gasteiger partial charge is 0.305 e. The van der Waals surface area contributed by atoms with Crippen molar-refractivity contribution >= 4 is 5.97 Å². The number of ether oxygens (including phenoxy) is 1. The van der Waals surface area contributed by atoms with E-state index in [-0.39, 0.29) is 5.97 Å². The average molecular weight is 171 g/mol. The van der Waals surface area contributed by atoms with Crippen molar-refractivity contribution < 1.29 is 9.53 Å². The summed E-state index contributed by atoms with van der Waals surface area (Å²) in [6, 6.07) is 0. The molecule has 0 aromatic carbocycles. The summed E-state index contributed by atoms with van der Waals surface area (Å²) in [4.78, 5) is 11.0. The quantitative estimate of drug-likeness (QED) is 0.435. The molecular formula is C10H19O2. The summed E-state index contributed by atoms with van der Waals surface area (Å²) in [6.07, 6.45) is 5.44. The first-order valence-corrected chi connectivity index (χ1v) is 4.76. The molecule has 0 aromatic heterocycles. The lowest BCUT2D eigenvalue weighted by molar-refractivity contribution is -0.143. The molecule has 0 saturated heterocycles. The second-order valence-corrected chi connectivity index (χ2v) is 2.88. The third-order valence-electron chi connectivity index (χ3n) is 1.64. The molecule has 71 valence electrons. The molecule has 0 amide bonds. The molecule has 1 radical (unpaired) electrons. The van der Waals surface area contributed by atoms with E-state index in [9.17, 15) is 4.79 Å². The molecule has 0 aliphatic rings. The fourth-order valence-corrected chi connectivity index (χ4v) is 0.849. The summed E-state index contributed by atoms with van der Waals surface area (Å²) in [7, 11) is 0. The van der Waals surface area contributed by atoms with Crippen LogP contribution in [-0.2, 0) is 9.53 Å². The predicted octanol–water partition coefficient (Wildman–Crippen LogP) is 2.72. The highest BCUT2D eigenvalue weighted by Gasteiger charge is 2.00. The summed E-state index contributed by atoms with van der Waals surface area (Å²) < 4.78 is 4.97.